The summed E-state index contributed by atoms with van der Waals surface area (Å²) in [4.78, 5) is 27.3. The predicted molar refractivity (Wildman–Crippen MR) is 103 cm³/mol. The normalized spacial score (nSPS) is 15.8. The Kier molecular flexibility index (Phi) is 5.94. The van der Waals surface area contributed by atoms with Crippen molar-refractivity contribution < 1.29 is 9.59 Å². The number of hydrogen-bond donors (Lipinski definition) is 1. The average Bonchev–Trinajstić information content (AvgIpc) is 2.94. The number of carbonyl (C=O) groups is 2. The Labute approximate surface area is 159 Å². The van der Waals surface area contributed by atoms with Crippen molar-refractivity contribution in [2.75, 3.05) is 13.1 Å². The molecule has 0 aromatic heterocycles. The maximum absolute atomic E-state index is 12.8. The molecule has 136 valence electrons. The molecule has 1 aliphatic heterocycles. The van der Waals surface area contributed by atoms with Gasteiger partial charge in [-0.1, -0.05) is 55.3 Å². The number of amides is 2. The van der Waals surface area contributed by atoms with Crippen molar-refractivity contribution in [1.29, 1.82) is 0 Å². The molecular weight excluding hydrogens is 348 g/mol. The smallest absolute Gasteiger partial charge is 0.255 e. The highest BCUT2D eigenvalue weighted by Crippen LogP contribution is 2.33. The van der Waals surface area contributed by atoms with Gasteiger partial charge in [-0.25, -0.2) is 0 Å². The van der Waals surface area contributed by atoms with Crippen LogP contribution in [0.2, 0.25) is 5.02 Å². The molecule has 2 aromatic rings. The number of hydrogen-bond acceptors (Lipinski definition) is 2. The second-order valence-corrected chi connectivity index (χ2v) is 6.95. The summed E-state index contributed by atoms with van der Waals surface area (Å²) in [7, 11) is 0. The van der Waals surface area contributed by atoms with E-state index in [1.807, 2.05) is 42.5 Å². The summed E-state index contributed by atoms with van der Waals surface area (Å²) in [5.41, 5.74) is 2.50. The van der Waals surface area contributed by atoms with Crippen LogP contribution in [0.4, 0.5) is 0 Å². The molecule has 1 N–H and O–H groups in total. The molecule has 0 saturated carbocycles. The van der Waals surface area contributed by atoms with E-state index in [9.17, 15) is 9.59 Å². The van der Waals surface area contributed by atoms with Gasteiger partial charge in [-0.15, -0.1) is 0 Å². The van der Waals surface area contributed by atoms with E-state index in [1.54, 1.807) is 11.0 Å². The van der Waals surface area contributed by atoms with Gasteiger partial charge in [-0.05, 0) is 42.2 Å². The van der Waals surface area contributed by atoms with E-state index in [0.29, 0.717) is 30.1 Å². The van der Waals surface area contributed by atoms with Crippen LogP contribution in [0.3, 0.4) is 0 Å². The van der Waals surface area contributed by atoms with Gasteiger partial charge in [0.1, 0.15) is 6.04 Å². The molecule has 26 heavy (non-hydrogen) atoms. The highest BCUT2D eigenvalue weighted by Gasteiger charge is 2.40. The van der Waals surface area contributed by atoms with Crippen LogP contribution in [-0.4, -0.2) is 29.8 Å². The van der Waals surface area contributed by atoms with Crippen molar-refractivity contribution in [3.05, 3.63) is 70.2 Å². The Morgan fingerprint density at radius 2 is 1.88 bits per heavy atom. The second-order valence-electron chi connectivity index (χ2n) is 6.51. The number of benzene rings is 2. The lowest BCUT2D eigenvalue weighted by atomic mass is 10.0. The van der Waals surface area contributed by atoms with Gasteiger partial charge in [0.2, 0.25) is 5.91 Å². The van der Waals surface area contributed by atoms with E-state index >= 15 is 0 Å². The van der Waals surface area contributed by atoms with E-state index in [4.69, 9.17) is 11.6 Å². The van der Waals surface area contributed by atoms with E-state index in [0.717, 1.165) is 24.0 Å². The quantitative estimate of drug-likeness (QED) is 0.749. The molecular formula is C21H23ClN2O2. The summed E-state index contributed by atoms with van der Waals surface area (Å²) in [6, 6.07) is 14.4. The molecule has 2 aromatic carbocycles. The number of carbonyl (C=O) groups excluding carboxylic acids is 2. The van der Waals surface area contributed by atoms with Gasteiger partial charge in [-0.2, -0.15) is 0 Å². The monoisotopic (exact) mass is 370 g/mol. The van der Waals surface area contributed by atoms with Crippen molar-refractivity contribution in [2.24, 2.45) is 0 Å². The van der Waals surface area contributed by atoms with Crippen molar-refractivity contribution in [3.8, 4) is 0 Å². The first-order valence-electron chi connectivity index (χ1n) is 9.04. The number of nitrogens with zero attached hydrogens (tertiary/aromatic N) is 1. The van der Waals surface area contributed by atoms with Crippen LogP contribution in [0.5, 0.6) is 0 Å². The van der Waals surface area contributed by atoms with Gasteiger partial charge in [-0.3, -0.25) is 9.59 Å². The lowest BCUT2D eigenvalue weighted by molar-refractivity contribution is -0.125. The minimum atomic E-state index is -0.553. The van der Waals surface area contributed by atoms with E-state index < -0.39 is 6.04 Å². The minimum Gasteiger partial charge on any atom is -0.354 e. The van der Waals surface area contributed by atoms with Crippen molar-refractivity contribution in [3.63, 3.8) is 0 Å². The summed E-state index contributed by atoms with van der Waals surface area (Å²) < 4.78 is 0. The average molecular weight is 371 g/mol. The van der Waals surface area contributed by atoms with Crippen molar-refractivity contribution in [1.82, 2.24) is 10.2 Å². The van der Waals surface area contributed by atoms with Crippen LogP contribution in [0, 0.1) is 0 Å². The molecule has 0 fully saturated rings. The third-order valence-corrected chi connectivity index (χ3v) is 4.94. The van der Waals surface area contributed by atoms with Crippen LogP contribution in [0.1, 0.15) is 47.3 Å². The maximum atomic E-state index is 12.8. The molecule has 1 heterocycles. The highest BCUT2D eigenvalue weighted by molar-refractivity contribution is 6.30. The minimum absolute atomic E-state index is 0.0785. The standard InChI is InChI=1S/C21H23ClN2O2/c1-2-3-13-23-20(25)19-17-6-4-5-7-18(17)21(26)24(19)14-12-15-8-10-16(22)11-9-15/h4-11,19H,2-3,12-14H2,1H3,(H,23,25). The van der Waals surface area contributed by atoms with E-state index in [1.165, 1.54) is 0 Å². The molecule has 3 rings (SSSR count). The largest absolute Gasteiger partial charge is 0.354 e. The molecule has 0 radical (unpaired) electrons. The van der Waals surface area contributed by atoms with Gasteiger partial charge in [0.15, 0.2) is 0 Å². The molecule has 1 atom stereocenters. The molecule has 4 nitrogen and oxygen atoms in total. The number of rotatable bonds is 7. The first-order valence-corrected chi connectivity index (χ1v) is 9.41. The summed E-state index contributed by atoms with van der Waals surface area (Å²) in [5, 5.41) is 3.66. The lowest BCUT2D eigenvalue weighted by Crippen LogP contribution is -2.40. The lowest BCUT2D eigenvalue weighted by Gasteiger charge is -2.24. The summed E-state index contributed by atoms with van der Waals surface area (Å²) in [6.45, 7) is 3.20. The Bertz CT molecular complexity index is 789. The summed E-state index contributed by atoms with van der Waals surface area (Å²) in [6.07, 6.45) is 2.62. The molecule has 5 heteroatoms. The van der Waals surface area contributed by atoms with Crippen LogP contribution < -0.4 is 5.32 Å². The Morgan fingerprint density at radius 1 is 1.15 bits per heavy atom. The SMILES string of the molecule is CCCCNC(=O)C1c2ccccc2C(=O)N1CCc1ccc(Cl)cc1. The fourth-order valence-electron chi connectivity index (χ4n) is 3.27. The van der Waals surface area contributed by atoms with Crippen molar-refractivity contribution in [2.45, 2.75) is 32.2 Å². The fourth-order valence-corrected chi connectivity index (χ4v) is 3.40. The van der Waals surface area contributed by atoms with Gasteiger partial charge in [0.05, 0.1) is 0 Å². The second kappa shape index (κ2) is 8.37. The number of fused-ring (bicyclic) bond motifs is 1. The Balaban J connectivity index is 1.78. The third kappa shape index (κ3) is 3.91. The fraction of sp³-hybridized carbons (Fsp3) is 0.333. The van der Waals surface area contributed by atoms with Gasteiger partial charge < -0.3 is 10.2 Å². The zero-order valence-electron chi connectivity index (χ0n) is 14.9. The molecule has 0 aliphatic carbocycles. The first kappa shape index (κ1) is 18.5. The molecule has 0 saturated heterocycles. The third-order valence-electron chi connectivity index (χ3n) is 4.69. The highest BCUT2D eigenvalue weighted by atomic mass is 35.5. The van der Waals surface area contributed by atoms with Gasteiger partial charge in [0, 0.05) is 23.7 Å². The summed E-state index contributed by atoms with van der Waals surface area (Å²) in [5.74, 6) is -0.182. The maximum Gasteiger partial charge on any atom is 0.255 e. The Morgan fingerprint density at radius 3 is 2.62 bits per heavy atom. The van der Waals surface area contributed by atoms with E-state index in [2.05, 4.69) is 12.2 Å². The zero-order chi connectivity index (χ0) is 18.5. The van der Waals surface area contributed by atoms with Crippen LogP contribution in [-0.2, 0) is 11.2 Å². The molecule has 2 amide bonds. The molecule has 1 unspecified atom stereocenters. The van der Waals surface area contributed by atoms with E-state index in [-0.39, 0.29) is 11.8 Å². The van der Waals surface area contributed by atoms with Gasteiger partial charge in [0.25, 0.3) is 5.91 Å². The number of unbranched alkanes of at least 4 members (excludes halogenated alkanes) is 1. The molecule has 0 bridgehead atoms. The van der Waals surface area contributed by atoms with Gasteiger partial charge >= 0.3 is 0 Å². The van der Waals surface area contributed by atoms with Crippen molar-refractivity contribution >= 4 is 23.4 Å². The Hall–Kier alpha value is -2.33. The topological polar surface area (TPSA) is 49.4 Å². The summed E-state index contributed by atoms with van der Waals surface area (Å²) >= 11 is 5.93. The number of halogens is 1. The van der Waals surface area contributed by atoms with Crippen LogP contribution in [0.15, 0.2) is 48.5 Å². The predicted octanol–water partition coefficient (Wildman–Crippen LogP) is 4.00. The zero-order valence-corrected chi connectivity index (χ0v) is 15.6. The van der Waals surface area contributed by atoms with Crippen LogP contribution >= 0.6 is 11.6 Å². The molecule has 1 aliphatic rings. The number of nitrogens with one attached hydrogen (secondary N) is 1. The first-order chi connectivity index (χ1) is 12.6. The molecule has 0 spiro atoms. The van der Waals surface area contributed by atoms with Crippen LogP contribution in [0.25, 0.3) is 0 Å².